The van der Waals surface area contributed by atoms with Gasteiger partial charge in [0.1, 0.15) is 11.6 Å². The first-order chi connectivity index (χ1) is 26.2. The molecule has 4 atom stereocenters. The number of benzene rings is 2. The standard InChI is InChI=1S/C17H15BrFN5O4.C16H17BrFN5O3/c18-12-7-9(1-4-13(12)19)24-16(23-27-17(24)25)14-15(22-28-21-14)20-8-5-10-2-3-11(6-8)26-10;17-12-7-8(1-4-13(12)18)19-15(21-24)14-16(23-26-22-14)20-9-5-10-2-3-11(6-9)25-10/h1,4,7-8,10-11H,2-3,5-6H2,(H,20,22);1,4,7,9-11,24H,2-3,5-6H2,(H,19,21)(H,20,23). The lowest BCUT2D eigenvalue weighted by Crippen LogP contribution is -2.34. The number of fused-ring (bicyclic) bond motifs is 4. The highest BCUT2D eigenvalue weighted by Gasteiger charge is 2.37. The van der Waals surface area contributed by atoms with Crippen molar-refractivity contribution < 1.29 is 37.2 Å². The van der Waals surface area contributed by atoms with E-state index in [0.717, 1.165) is 51.4 Å². The van der Waals surface area contributed by atoms with E-state index in [1.54, 1.807) is 0 Å². The lowest BCUT2D eigenvalue weighted by Gasteiger charge is -2.28. The molecule has 54 heavy (non-hydrogen) atoms. The molecule has 0 aliphatic carbocycles. The second kappa shape index (κ2) is 15.7. The third-order valence-corrected chi connectivity index (χ3v) is 10.9. The van der Waals surface area contributed by atoms with Crippen LogP contribution in [0.3, 0.4) is 0 Å². The van der Waals surface area contributed by atoms with Gasteiger partial charge in [-0.2, -0.15) is 0 Å². The number of ether oxygens (including phenoxy) is 2. The monoisotopic (exact) mass is 876 g/mol. The molecule has 4 N–H and O–H groups in total. The van der Waals surface area contributed by atoms with E-state index in [0.29, 0.717) is 23.0 Å². The topological polar surface area (TPSA) is 213 Å². The van der Waals surface area contributed by atoms with Crippen molar-refractivity contribution in [2.45, 2.75) is 87.9 Å². The molecule has 4 aliphatic heterocycles. The summed E-state index contributed by atoms with van der Waals surface area (Å²) in [6, 6.07) is 8.72. The minimum absolute atomic E-state index is 0.0438. The zero-order chi connectivity index (χ0) is 37.3. The van der Waals surface area contributed by atoms with Gasteiger partial charge in [0.05, 0.1) is 44.7 Å². The molecular weight excluding hydrogens is 846 g/mol. The van der Waals surface area contributed by atoms with Crippen LogP contribution in [0.1, 0.15) is 57.1 Å². The average molecular weight is 878 g/mol. The van der Waals surface area contributed by atoms with Crippen molar-refractivity contribution in [1.82, 2.24) is 35.8 Å². The largest absolute Gasteiger partial charge is 0.446 e. The van der Waals surface area contributed by atoms with Crippen molar-refractivity contribution >= 4 is 55.0 Å². The zero-order valence-electron chi connectivity index (χ0n) is 28.1. The van der Waals surface area contributed by atoms with Crippen molar-refractivity contribution in [3.05, 3.63) is 73.2 Å². The molecule has 284 valence electrons. The molecule has 2 aromatic carbocycles. The van der Waals surface area contributed by atoms with E-state index in [1.807, 2.05) is 5.48 Å². The summed E-state index contributed by atoms with van der Waals surface area (Å²) < 4.78 is 54.8. The third kappa shape index (κ3) is 7.81. The molecule has 5 aromatic rings. The van der Waals surface area contributed by atoms with Gasteiger partial charge in [0.2, 0.25) is 17.5 Å². The molecule has 7 heterocycles. The SMILES string of the molecule is O=c1onc(-c2nonc2NC2CC3CCC(C2)O3)n1-c1ccc(F)c(Br)c1.ONC(=Nc1ccc(F)c(Br)c1)c1nonc1NC1CC2CCC(C1)O2. The van der Waals surface area contributed by atoms with Gasteiger partial charge < -0.3 is 20.1 Å². The normalized spacial score (nSPS) is 24.6. The van der Waals surface area contributed by atoms with Crippen LogP contribution < -0.4 is 21.9 Å². The van der Waals surface area contributed by atoms with Gasteiger partial charge in [-0.15, -0.1) is 0 Å². The molecule has 0 spiro atoms. The van der Waals surface area contributed by atoms with E-state index in [9.17, 15) is 18.8 Å². The highest BCUT2D eigenvalue weighted by atomic mass is 79.9. The van der Waals surface area contributed by atoms with Crippen LogP contribution >= 0.6 is 31.9 Å². The van der Waals surface area contributed by atoms with Gasteiger partial charge >= 0.3 is 5.76 Å². The number of nitrogens with one attached hydrogen (secondary N) is 3. The summed E-state index contributed by atoms with van der Waals surface area (Å²) in [4.78, 5) is 16.5. The summed E-state index contributed by atoms with van der Waals surface area (Å²) >= 11 is 6.22. The Hall–Kier alpha value is -4.57. The maximum Gasteiger partial charge on any atom is 0.446 e. The maximum atomic E-state index is 13.6. The van der Waals surface area contributed by atoms with Gasteiger partial charge in [-0.25, -0.2) is 32.4 Å². The summed E-state index contributed by atoms with van der Waals surface area (Å²) in [7, 11) is 0. The fourth-order valence-corrected chi connectivity index (χ4v) is 8.01. The molecule has 0 saturated carbocycles. The molecule has 0 radical (unpaired) electrons. The van der Waals surface area contributed by atoms with E-state index in [1.165, 1.54) is 41.0 Å². The van der Waals surface area contributed by atoms with Crippen molar-refractivity contribution in [2.24, 2.45) is 4.99 Å². The van der Waals surface area contributed by atoms with Crippen LogP contribution in [0.5, 0.6) is 0 Å². The van der Waals surface area contributed by atoms with Crippen molar-refractivity contribution in [3.63, 3.8) is 0 Å². The van der Waals surface area contributed by atoms with E-state index in [-0.39, 0.29) is 68.5 Å². The summed E-state index contributed by atoms with van der Waals surface area (Å²) in [5.74, 6) is -0.667. The first-order valence-corrected chi connectivity index (χ1v) is 18.8. The summed E-state index contributed by atoms with van der Waals surface area (Å²) in [5, 5.41) is 35.5. The van der Waals surface area contributed by atoms with Crippen LogP contribution in [-0.2, 0) is 9.47 Å². The number of nitrogens with zero attached hydrogens (tertiary/aromatic N) is 7. The van der Waals surface area contributed by atoms with Crippen molar-refractivity contribution in [3.8, 4) is 17.2 Å². The second-order valence-corrected chi connectivity index (χ2v) is 15.0. The Morgan fingerprint density at radius 1 is 0.778 bits per heavy atom. The van der Waals surface area contributed by atoms with E-state index < -0.39 is 17.4 Å². The lowest BCUT2D eigenvalue weighted by atomic mass is 10.0. The molecule has 21 heteroatoms. The maximum absolute atomic E-state index is 13.6. The average Bonchev–Trinajstić information content (AvgIpc) is 4.01. The smallest absolute Gasteiger partial charge is 0.375 e. The molecule has 4 bridgehead atoms. The minimum Gasteiger partial charge on any atom is -0.375 e. The van der Waals surface area contributed by atoms with Crippen LogP contribution in [-0.4, -0.2) is 77.9 Å². The first kappa shape index (κ1) is 36.4. The number of hydrogen-bond acceptors (Lipinski definition) is 15. The highest BCUT2D eigenvalue weighted by molar-refractivity contribution is 9.10. The number of hydroxylamine groups is 1. The van der Waals surface area contributed by atoms with Crippen LogP contribution in [0.15, 0.2) is 68.9 Å². The number of aromatic nitrogens is 6. The number of rotatable bonds is 8. The van der Waals surface area contributed by atoms with E-state index in [2.05, 4.69) is 73.3 Å². The Morgan fingerprint density at radius 2 is 1.35 bits per heavy atom. The van der Waals surface area contributed by atoms with Crippen LogP contribution in [0, 0.1) is 11.6 Å². The predicted octanol–water partition coefficient (Wildman–Crippen LogP) is 6.05. The van der Waals surface area contributed by atoms with Crippen LogP contribution in [0.4, 0.5) is 26.1 Å². The predicted molar refractivity (Wildman–Crippen MR) is 192 cm³/mol. The van der Waals surface area contributed by atoms with Crippen molar-refractivity contribution in [1.29, 1.82) is 0 Å². The summed E-state index contributed by atoms with van der Waals surface area (Å²) in [6.45, 7) is 0. The van der Waals surface area contributed by atoms with Gasteiger partial charge in [0.15, 0.2) is 17.2 Å². The first-order valence-electron chi connectivity index (χ1n) is 17.2. The molecule has 9 rings (SSSR count). The molecule has 3 aromatic heterocycles. The number of amidine groups is 1. The molecule has 4 saturated heterocycles. The quantitative estimate of drug-likeness (QED) is 0.0794. The van der Waals surface area contributed by atoms with Gasteiger partial charge in [-0.1, -0.05) is 5.16 Å². The molecule has 0 amide bonds. The van der Waals surface area contributed by atoms with Gasteiger partial charge in [-0.05, 0) is 140 Å². The Morgan fingerprint density at radius 3 is 1.96 bits per heavy atom. The highest BCUT2D eigenvalue weighted by Crippen LogP contribution is 2.36. The van der Waals surface area contributed by atoms with E-state index in [4.69, 9.17) is 23.3 Å². The Balaban J connectivity index is 0.000000154. The van der Waals surface area contributed by atoms with Gasteiger partial charge in [0, 0.05) is 12.1 Å². The Labute approximate surface area is 321 Å². The fraction of sp³-hybridized carbons (Fsp3) is 0.424. The minimum atomic E-state index is -0.730. The number of anilines is 2. The Bertz CT molecular complexity index is 2190. The molecule has 4 unspecified atom stereocenters. The van der Waals surface area contributed by atoms with Crippen molar-refractivity contribution in [2.75, 3.05) is 10.6 Å². The Kier molecular flexibility index (Phi) is 10.6. The molecular formula is C33H32Br2F2N10O7. The summed E-state index contributed by atoms with van der Waals surface area (Å²) in [5.41, 5.74) is 3.28. The number of hydrogen-bond donors (Lipinski definition) is 4. The fourth-order valence-electron chi connectivity index (χ4n) is 7.27. The second-order valence-electron chi connectivity index (χ2n) is 13.3. The van der Waals surface area contributed by atoms with Crippen LogP contribution in [0.2, 0.25) is 0 Å². The van der Waals surface area contributed by atoms with Crippen LogP contribution in [0.25, 0.3) is 17.2 Å². The summed E-state index contributed by atoms with van der Waals surface area (Å²) in [6.07, 6.45) is 8.82. The zero-order valence-corrected chi connectivity index (χ0v) is 31.3. The number of aliphatic imine (C=N–C) groups is 1. The van der Waals surface area contributed by atoms with E-state index >= 15 is 0 Å². The van der Waals surface area contributed by atoms with Gasteiger partial charge in [-0.3, -0.25) is 15.2 Å². The number of halogens is 4. The van der Waals surface area contributed by atoms with Gasteiger partial charge in [0.25, 0.3) is 0 Å². The molecule has 4 aliphatic rings. The third-order valence-electron chi connectivity index (χ3n) is 9.69. The lowest BCUT2D eigenvalue weighted by molar-refractivity contribution is 0.000376. The molecule has 4 fully saturated rings. The molecule has 17 nitrogen and oxygen atoms in total.